The van der Waals surface area contributed by atoms with Crippen molar-refractivity contribution in [2.45, 2.75) is 76.4 Å². The first-order valence-corrected chi connectivity index (χ1v) is 19.0. The van der Waals surface area contributed by atoms with Crippen molar-refractivity contribution >= 4 is 37.2 Å². The monoisotopic (exact) mass is 690 g/mol. The molecule has 7 nitrogen and oxygen atoms in total. The van der Waals surface area contributed by atoms with Crippen molar-refractivity contribution in [3.8, 4) is 11.5 Å². The lowest BCUT2D eigenvalue weighted by atomic mass is 9.89. The number of hydrogen-bond acceptors (Lipinski definition) is 6. The van der Waals surface area contributed by atoms with Crippen LogP contribution in [0, 0.1) is 17.5 Å². The van der Waals surface area contributed by atoms with Crippen molar-refractivity contribution in [1.82, 2.24) is 0 Å². The van der Waals surface area contributed by atoms with E-state index in [4.69, 9.17) is 25.5 Å². The Morgan fingerprint density at radius 3 is 2.40 bits per heavy atom. The molecule has 12 heteroatoms. The van der Waals surface area contributed by atoms with Crippen molar-refractivity contribution in [3.05, 3.63) is 82.1 Å². The first-order chi connectivity index (χ1) is 22.0. The van der Waals surface area contributed by atoms with Crippen LogP contribution in [-0.2, 0) is 22.2 Å². The highest BCUT2D eigenvalue weighted by Crippen LogP contribution is 2.43. The normalized spacial score (nSPS) is 20.3. The molecule has 0 unspecified atom stereocenters. The Kier molecular flexibility index (Phi) is 9.95. The van der Waals surface area contributed by atoms with Crippen molar-refractivity contribution < 1.29 is 37.0 Å². The Morgan fingerprint density at radius 1 is 1.06 bits per heavy atom. The summed E-state index contributed by atoms with van der Waals surface area (Å²) in [6, 6.07) is 12.2. The second kappa shape index (κ2) is 13.3. The van der Waals surface area contributed by atoms with Crippen LogP contribution in [-0.4, -0.2) is 57.8 Å². The molecular weight excluding hydrogens is 649 g/mol. The number of anilines is 2. The predicted molar refractivity (Wildman–Crippen MR) is 180 cm³/mol. The summed E-state index contributed by atoms with van der Waals surface area (Å²) in [6.07, 6.45) is -0.306. The molecule has 0 bridgehead atoms. The van der Waals surface area contributed by atoms with E-state index in [1.165, 1.54) is 17.0 Å². The molecular formula is C35H42ClF3N2O5Si. The maximum Gasteiger partial charge on any atom is 0.227 e. The summed E-state index contributed by atoms with van der Waals surface area (Å²) in [7, 11) is -0.896. The van der Waals surface area contributed by atoms with E-state index >= 15 is 8.78 Å². The van der Waals surface area contributed by atoms with Crippen LogP contribution in [0.2, 0.25) is 23.2 Å². The number of fused-ring (bicyclic) bond motifs is 1. The van der Waals surface area contributed by atoms with Gasteiger partial charge in [0, 0.05) is 31.1 Å². The third-order valence-corrected chi connectivity index (χ3v) is 14.5. The number of nitrogens with zero attached hydrogens (tertiary/aromatic N) is 2. The number of ether oxygens (including phenoxy) is 2. The smallest absolute Gasteiger partial charge is 0.227 e. The molecule has 5 rings (SSSR count). The average Bonchev–Trinajstić information content (AvgIpc) is 3.00. The van der Waals surface area contributed by atoms with Gasteiger partial charge >= 0.3 is 0 Å². The third kappa shape index (κ3) is 7.28. The highest BCUT2D eigenvalue weighted by Gasteiger charge is 2.49. The molecule has 1 fully saturated rings. The molecule has 0 radical (unpaired) electrons. The van der Waals surface area contributed by atoms with E-state index in [1.807, 2.05) is 4.90 Å². The number of halogens is 4. The Labute approximate surface area is 280 Å². The molecule has 2 atom stereocenters. The molecule has 3 aromatic rings. The molecule has 2 aliphatic heterocycles. The van der Waals surface area contributed by atoms with Gasteiger partial charge in [-0.1, -0.05) is 44.5 Å². The minimum Gasteiger partial charge on any atom is -0.497 e. The molecule has 0 aliphatic carbocycles. The first kappa shape index (κ1) is 35.1. The van der Waals surface area contributed by atoms with Gasteiger partial charge in [0.15, 0.2) is 20.0 Å². The summed E-state index contributed by atoms with van der Waals surface area (Å²) >= 11 is 6.41. The Hall–Kier alpha value is -3.25. The highest BCUT2D eigenvalue weighted by molar-refractivity contribution is 6.74. The molecule has 0 aromatic heterocycles. The van der Waals surface area contributed by atoms with E-state index in [2.05, 4.69) is 33.9 Å². The summed E-state index contributed by atoms with van der Waals surface area (Å²) in [6.45, 7) is 10.8. The lowest BCUT2D eigenvalue weighted by molar-refractivity contribution is -0.119. The summed E-state index contributed by atoms with van der Waals surface area (Å²) in [5, 5.41) is 12.2. The lowest BCUT2D eigenvalue weighted by Gasteiger charge is -2.49. The second-order valence-electron chi connectivity index (χ2n) is 13.9. The molecule has 0 spiro atoms. The number of benzene rings is 3. The van der Waals surface area contributed by atoms with Gasteiger partial charge in [0.1, 0.15) is 29.5 Å². The van der Waals surface area contributed by atoms with Crippen molar-refractivity contribution in [2.75, 3.05) is 36.6 Å². The second-order valence-corrected chi connectivity index (χ2v) is 19.0. The van der Waals surface area contributed by atoms with Crippen LogP contribution >= 0.6 is 11.6 Å². The number of carbonyl (C=O) groups excluding carboxylic acids is 1. The SMILES string of the molecule is COc1ccc(CN2C(=O)CCc3c(OC[C@]4(O)CCN(c5ccc(F)cc5Cl)C[C@H]4O[Si](C)(C)C(C)(C)C)cc(F)c(F)c32)cc1. The van der Waals surface area contributed by atoms with Gasteiger partial charge in [0.05, 0.1) is 36.2 Å². The number of rotatable bonds is 9. The fraction of sp³-hybridized carbons (Fsp3) is 0.457. The zero-order valence-corrected chi connectivity index (χ0v) is 29.4. The maximum absolute atomic E-state index is 15.5. The van der Waals surface area contributed by atoms with E-state index < -0.39 is 37.5 Å². The molecule has 1 saturated heterocycles. The maximum atomic E-state index is 15.5. The molecule has 2 heterocycles. The number of methoxy groups -OCH3 is 1. The zero-order chi connectivity index (χ0) is 34.3. The van der Waals surface area contributed by atoms with Gasteiger partial charge in [-0.15, -0.1) is 0 Å². The van der Waals surface area contributed by atoms with Crippen molar-refractivity contribution in [1.29, 1.82) is 0 Å². The van der Waals surface area contributed by atoms with Gasteiger partial charge < -0.3 is 28.8 Å². The van der Waals surface area contributed by atoms with Crippen LogP contribution in [0.15, 0.2) is 48.5 Å². The quantitative estimate of drug-likeness (QED) is 0.233. The number of piperidine rings is 1. The van der Waals surface area contributed by atoms with Crippen LogP contribution < -0.4 is 19.3 Å². The van der Waals surface area contributed by atoms with Crippen molar-refractivity contribution in [3.63, 3.8) is 0 Å². The average molecular weight is 691 g/mol. The molecule has 254 valence electrons. The van der Waals surface area contributed by atoms with Crippen LogP contribution in [0.5, 0.6) is 11.5 Å². The Morgan fingerprint density at radius 2 is 1.77 bits per heavy atom. The van der Waals surface area contributed by atoms with E-state index in [-0.39, 0.29) is 66.4 Å². The molecule has 0 saturated carbocycles. The van der Waals surface area contributed by atoms with Gasteiger partial charge in [-0.3, -0.25) is 4.79 Å². The van der Waals surface area contributed by atoms with Gasteiger partial charge in [0.2, 0.25) is 5.91 Å². The van der Waals surface area contributed by atoms with Gasteiger partial charge in [-0.25, -0.2) is 13.2 Å². The predicted octanol–water partition coefficient (Wildman–Crippen LogP) is 7.66. The van der Waals surface area contributed by atoms with E-state index in [1.54, 1.807) is 37.4 Å². The summed E-state index contributed by atoms with van der Waals surface area (Å²) in [5.41, 5.74) is 0.0259. The standard InChI is InChI=1S/C35H42ClF3N2O5Si/c1-34(2,3)47(5,6)46-30-20-40(28-13-9-23(37)17-26(28)36)16-15-35(30,43)21-45-29-18-27(38)32(39)33-25(29)12-14-31(42)41(33)19-22-7-10-24(44-4)11-8-22/h7-11,13,17-18,30,43H,12,14-16,19-21H2,1-6H3/t30-,35-/m1/s1. The zero-order valence-electron chi connectivity index (χ0n) is 27.6. The van der Waals surface area contributed by atoms with Crippen LogP contribution in [0.4, 0.5) is 24.5 Å². The molecule has 2 aliphatic rings. The summed E-state index contributed by atoms with van der Waals surface area (Å²) in [4.78, 5) is 16.2. The fourth-order valence-electron chi connectivity index (χ4n) is 5.81. The molecule has 1 N–H and O–H groups in total. The fourth-order valence-corrected chi connectivity index (χ4v) is 7.45. The van der Waals surface area contributed by atoms with Gasteiger partial charge in [-0.05, 0) is 66.9 Å². The number of amides is 1. The lowest BCUT2D eigenvalue weighted by Crippen LogP contribution is -2.63. The number of aliphatic hydroxyl groups is 1. The van der Waals surface area contributed by atoms with E-state index in [0.717, 1.165) is 6.07 Å². The molecule has 1 amide bonds. The Balaban J connectivity index is 1.44. The van der Waals surface area contributed by atoms with E-state index in [0.29, 0.717) is 29.1 Å². The summed E-state index contributed by atoms with van der Waals surface area (Å²) in [5.74, 6) is -2.38. The number of carbonyl (C=O) groups is 1. The van der Waals surface area contributed by atoms with Crippen LogP contribution in [0.3, 0.4) is 0 Å². The largest absolute Gasteiger partial charge is 0.497 e. The summed E-state index contributed by atoms with van der Waals surface area (Å²) < 4.78 is 62.6. The van der Waals surface area contributed by atoms with E-state index in [9.17, 15) is 14.3 Å². The molecule has 3 aromatic carbocycles. The number of hydrogen-bond donors (Lipinski definition) is 1. The Bertz CT molecular complexity index is 1630. The van der Waals surface area contributed by atoms with Gasteiger partial charge in [0.25, 0.3) is 0 Å². The first-order valence-electron chi connectivity index (χ1n) is 15.7. The topological polar surface area (TPSA) is 71.5 Å². The van der Waals surface area contributed by atoms with Crippen LogP contribution in [0.1, 0.15) is 44.7 Å². The minimum absolute atomic E-state index is 0.0315. The van der Waals surface area contributed by atoms with Gasteiger partial charge in [-0.2, -0.15) is 0 Å². The third-order valence-electron chi connectivity index (χ3n) is 9.69. The minimum atomic E-state index is -2.44. The van der Waals surface area contributed by atoms with Crippen LogP contribution in [0.25, 0.3) is 0 Å². The highest BCUT2D eigenvalue weighted by atomic mass is 35.5. The van der Waals surface area contributed by atoms with Crippen molar-refractivity contribution in [2.24, 2.45) is 0 Å². The molecule has 47 heavy (non-hydrogen) atoms.